The van der Waals surface area contributed by atoms with Crippen molar-refractivity contribution in [1.29, 1.82) is 0 Å². The Hall–Kier alpha value is -2.50. The minimum absolute atomic E-state index is 0.231. The summed E-state index contributed by atoms with van der Waals surface area (Å²) < 4.78 is 5.30. The van der Waals surface area contributed by atoms with Gasteiger partial charge in [-0.05, 0) is 56.7 Å². The number of carbonyl (C=O) groups is 2. The van der Waals surface area contributed by atoms with Crippen LogP contribution in [-0.4, -0.2) is 23.0 Å². The quantitative estimate of drug-likeness (QED) is 0.581. The Morgan fingerprint density at radius 2 is 1.89 bits per heavy atom. The Labute approximate surface area is 166 Å². The monoisotopic (exact) mass is 404 g/mol. The van der Waals surface area contributed by atoms with Crippen molar-refractivity contribution in [2.75, 3.05) is 5.32 Å². The number of carbonyl (C=O) groups excluding carboxylic acids is 2. The molecule has 0 fully saturated rings. The minimum atomic E-state index is -1.00. The molecule has 1 heterocycles. The van der Waals surface area contributed by atoms with Crippen molar-refractivity contribution in [1.82, 2.24) is 4.98 Å². The van der Waals surface area contributed by atoms with Crippen molar-refractivity contribution >= 4 is 51.7 Å². The molecule has 1 aromatic heterocycles. The number of amides is 1. The van der Waals surface area contributed by atoms with Gasteiger partial charge in [-0.25, -0.2) is 4.79 Å². The number of H-pyrrole nitrogens is 1. The van der Waals surface area contributed by atoms with Gasteiger partial charge in [0.2, 0.25) is 0 Å². The number of halogens is 2. The van der Waals surface area contributed by atoms with E-state index in [0.29, 0.717) is 16.3 Å². The van der Waals surface area contributed by atoms with Crippen LogP contribution in [-0.2, 0) is 9.53 Å². The summed E-state index contributed by atoms with van der Waals surface area (Å²) in [6.45, 7) is 5.45. The van der Waals surface area contributed by atoms with Gasteiger partial charge in [0.25, 0.3) is 5.91 Å². The predicted molar refractivity (Wildman–Crippen MR) is 108 cm³/mol. The van der Waals surface area contributed by atoms with E-state index in [1.165, 1.54) is 6.92 Å². The molecule has 0 bridgehead atoms. The van der Waals surface area contributed by atoms with Gasteiger partial charge in [-0.15, -0.1) is 0 Å². The molecule has 1 atom stereocenters. The lowest BCUT2D eigenvalue weighted by Crippen LogP contribution is -2.30. The van der Waals surface area contributed by atoms with Gasteiger partial charge in [0, 0.05) is 16.6 Å². The maximum atomic E-state index is 12.4. The van der Waals surface area contributed by atoms with E-state index in [9.17, 15) is 9.59 Å². The second-order valence-corrected chi connectivity index (χ2v) is 7.06. The molecule has 1 amide bonds. The molecule has 2 N–H and O–H groups in total. The van der Waals surface area contributed by atoms with E-state index >= 15 is 0 Å². The van der Waals surface area contributed by atoms with Crippen molar-refractivity contribution in [3.8, 4) is 0 Å². The lowest BCUT2D eigenvalue weighted by Gasteiger charge is -2.14. The smallest absolute Gasteiger partial charge is 0.338 e. The van der Waals surface area contributed by atoms with Crippen LogP contribution in [0.3, 0.4) is 0 Å². The minimum Gasteiger partial charge on any atom is -0.449 e. The number of hydrogen-bond donors (Lipinski definition) is 2. The first-order valence-corrected chi connectivity index (χ1v) is 9.08. The Kier molecular flexibility index (Phi) is 5.44. The molecule has 3 aromatic rings. The van der Waals surface area contributed by atoms with Gasteiger partial charge in [-0.2, -0.15) is 0 Å². The molecule has 140 valence electrons. The number of esters is 1. The third kappa shape index (κ3) is 3.94. The lowest BCUT2D eigenvalue weighted by molar-refractivity contribution is -0.123. The molecule has 7 heteroatoms. The highest BCUT2D eigenvalue weighted by Gasteiger charge is 2.21. The summed E-state index contributed by atoms with van der Waals surface area (Å²) in [4.78, 5) is 28.0. The highest BCUT2D eigenvalue weighted by atomic mass is 35.5. The molecule has 0 saturated carbocycles. The van der Waals surface area contributed by atoms with Gasteiger partial charge in [-0.3, -0.25) is 4.79 Å². The van der Waals surface area contributed by atoms with Crippen molar-refractivity contribution in [2.24, 2.45) is 0 Å². The first-order chi connectivity index (χ1) is 12.8. The van der Waals surface area contributed by atoms with E-state index in [1.54, 1.807) is 30.3 Å². The van der Waals surface area contributed by atoms with Crippen LogP contribution in [0.15, 0.2) is 36.4 Å². The second-order valence-electron chi connectivity index (χ2n) is 6.27. The molecule has 0 aliphatic carbocycles. The topological polar surface area (TPSA) is 71.2 Å². The molecular formula is C20H18Cl2N2O3. The van der Waals surface area contributed by atoms with Crippen molar-refractivity contribution < 1.29 is 14.3 Å². The fourth-order valence-corrected chi connectivity index (χ4v) is 3.05. The third-order valence-corrected chi connectivity index (χ3v) is 5.23. The number of aromatic nitrogens is 1. The molecule has 0 aliphatic rings. The van der Waals surface area contributed by atoms with E-state index in [-0.39, 0.29) is 5.02 Å². The summed E-state index contributed by atoms with van der Waals surface area (Å²) in [5.74, 6) is -1.07. The van der Waals surface area contributed by atoms with Crippen LogP contribution in [0, 0.1) is 13.8 Å². The first kappa shape index (κ1) is 19.3. The number of aromatic amines is 1. The maximum absolute atomic E-state index is 12.4. The molecule has 0 unspecified atom stereocenters. The van der Waals surface area contributed by atoms with Gasteiger partial charge < -0.3 is 15.0 Å². The molecule has 5 nitrogen and oxygen atoms in total. The first-order valence-electron chi connectivity index (χ1n) is 8.32. The molecule has 0 aliphatic heterocycles. The molecule has 3 rings (SSSR count). The zero-order valence-corrected chi connectivity index (χ0v) is 16.5. The number of fused-ring (bicyclic) bond motifs is 1. The number of hydrogen-bond acceptors (Lipinski definition) is 3. The highest BCUT2D eigenvalue weighted by molar-refractivity contribution is 6.44. The second kappa shape index (κ2) is 7.62. The Balaban J connectivity index is 1.72. The van der Waals surface area contributed by atoms with Crippen LogP contribution in [0.1, 0.15) is 28.5 Å². The summed E-state index contributed by atoms with van der Waals surface area (Å²) in [6, 6.07) is 10.1. The predicted octanol–water partition coefficient (Wildman–Crippen LogP) is 5.28. The van der Waals surface area contributed by atoms with E-state index < -0.39 is 18.0 Å². The maximum Gasteiger partial charge on any atom is 0.338 e. The molecule has 0 radical (unpaired) electrons. The Morgan fingerprint density at radius 1 is 1.15 bits per heavy atom. The summed E-state index contributed by atoms with van der Waals surface area (Å²) in [7, 11) is 0. The highest BCUT2D eigenvalue weighted by Crippen LogP contribution is 2.29. The van der Waals surface area contributed by atoms with Crippen LogP contribution in [0.25, 0.3) is 10.9 Å². The average Bonchev–Trinajstić information content (AvgIpc) is 2.92. The summed E-state index contributed by atoms with van der Waals surface area (Å²) in [5, 5.41) is 4.12. The number of anilines is 1. The van der Waals surface area contributed by atoms with Crippen molar-refractivity contribution in [3.05, 3.63) is 63.3 Å². The van der Waals surface area contributed by atoms with E-state index in [0.717, 1.165) is 22.2 Å². The van der Waals surface area contributed by atoms with Crippen molar-refractivity contribution in [3.63, 3.8) is 0 Å². The number of benzene rings is 2. The molecular weight excluding hydrogens is 387 g/mol. The van der Waals surface area contributed by atoms with Crippen LogP contribution in [0.4, 0.5) is 5.69 Å². The van der Waals surface area contributed by atoms with Crippen LogP contribution in [0.2, 0.25) is 10.0 Å². The van der Waals surface area contributed by atoms with E-state index in [1.807, 2.05) is 19.9 Å². The lowest BCUT2D eigenvalue weighted by atomic mass is 10.1. The van der Waals surface area contributed by atoms with E-state index in [4.69, 9.17) is 27.9 Å². The number of rotatable bonds is 4. The summed E-state index contributed by atoms with van der Waals surface area (Å²) in [6.07, 6.45) is -1.00. The zero-order valence-electron chi connectivity index (χ0n) is 15.0. The normalized spacial score (nSPS) is 12.0. The molecule has 0 spiro atoms. The van der Waals surface area contributed by atoms with Gasteiger partial charge in [0.05, 0.1) is 21.3 Å². The Bertz CT molecular complexity index is 1040. The summed E-state index contributed by atoms with van der Waals surface area (Å²) >= 11 is 12.0. The number of aryl methyl sites for hydroxylation is 2. The molecule has 27 heavy (non-hydrogen) atoms. The van der Waals surface area contributed by atoms with Gasteiger partial charge in [0.1, 0.15) is 0 Å². The fraction of sp³-hybridized carbons (Fsp3) is 0.200. The Morgan fingerprint density at radius 3 is 2.63 bits per heavy atom. The van der Waals surface area contributed by atoms with Crippen LogP contribution in [0.5, 0.6) is 0 Å². The molecule has 2 aromatic carbocycles. The largest absolute Gasteiger partial charge is 0.449 e. The van der Waals surface area contributed by atoms with Crippen LogP contribution >= 0.6 is 23.2 Å². The van der Waals surface area contributed by atoms with Gasteiger partial charge in [-0.1, -0.05) is 29.3 Å². The van der Waals surface area contributed by atoms with Gasteiger partial charge in [0.15, 0.2) is 6.10 Å². The standard InChI is InChI=1S/C20H18Cl2N2O3/c1-10-11(2)23-16-8-7-13(9-14(10)16)20(26)27-12(3)19(25)24-17-6-4-5-15(21)18(17)22/h4-9,12,23H,1-3H3,(H,24,25)/t12-/m1/s1. The van der Waals surface area contributed by atoms with Gasteiger partial charge >= 0.3 is 5.97 Å². The van der Waals surface area contributed by atoms with Crippen LogP contribution < -0.4 is 5.32 Å². The van der Waals surface area contributed by atoms with E-state index in [2.05, 4.69) is 10.3 Å². The number of ether oxygens (including phenoxy) is 1. The SMILES string of the molecule is Cc1[nH]c2ccc(C(=O)O[C@H](C)C(=O)Nc3cccc(Cl)c3Cl)cc2c1C. The number of nitrogens with one attached hydrogen (secondary N) is 2. The summed E-state index contributed by atoms with van der Waals surface area (Å²) in [5.41, 5.74) is 3.80. The zero-order chi connectivity index (χ0) is 19.7. The fourth-order valence-electron chi connectivity index (χ4n) is 2.71. The third-order valence-electron chi connectivity index (χ3n) is 4.41. The molecule has 0 saturated heterocycles. The average molecular weight is 405 g/mol. The van der Waals surface area contributed by atoms with Crippen molar-refractivity contribution in [2.45, 2.75) is 26.9 Å².